The number of aryl methyl sites for hydroxylation is 2. The lowest BCUT2D eigenvalue weighted by Gasteiger charge is -2.19. The summed E-state index contributed by atoms with van der Waals surface area (Å²) in [5.74, 6) is 0.667. The van der Waals surface area contributed by atoms with Crippen molar-refractivity contribution in [3.05, 3.63) is 17.0 Å². The van der Waals surface area contributed by atoms with Crippen molar-refractivity contribution in [3.63, 3.8) is 0 Å². The zero-order valence-electron chi connectivity index (χ0n) is 13.4. The van der Waals surface area contributed by atoms with E-state index in [9.17, 15) is 9.59 Å². The molecule has 2 unspecified atom stereocenters. The van der Waals surface area contributed by atoms with Crippen LogP contribution >= 0.6 is 0 Å². The summed E-state index contributed by atoms with van der Waals surface area (Å²) in [7, 11) is 0. The van der Waals surface area contributed by atoms with Crippen molar-refractivity contribution in [2.24, 2.45) is 0 Å². The Balaban J connectivity index is 1.84. The van der Waals surface area contributed by atoms with Crippen LogP contribution in [0.25, 0.3) is 0 Å². The van der Waals surface area contributed by atoms with Crippen molar-refractivity contribution < 1.29 is 14.1 Å². The highest BCUT2D eigenvalue weighted by Crippen LogP contribution is 2.14. The number of carbonyl (C=O) groups is 2. The molecule has 22 heavy (non-hydrogen) atoms. The molecule has 2 rings (SSSR count). The summed E-state index contributed by atoms with van der Waals surface area (Å²) in [5.41, 5.74) is 1.86. The molecule has 0 spiro atoms. The molecular weight excluding hydrogens is 284 g/mol. The molecule has 3 amide bonds. The van der Waals surface area contributed by atoms with E-state index >= 15 is 0 Å². The maximum Gasteiger partial charge on any atom is 0.315 e. The summed E-state index contributed by atoms with van der Waals surface area (Å²) in [5, 5.41) is 12.3. The van der Waals surface area contributed by atoms with Gasteiger partial charge < -0.3 is 20.5 Å². The van der Waals surface area contributed by atoms with Crippen molar-refractivity contribution in [2.75, 3.05) is 6.54 Å². The lowest BCUT2D eigenvalue weighted by Crippen LogP contribution is -2.51. The molecule has 0 radical (unpaired) electrons. The van der Waals surface area contributed by atoms with Gasteiger partial charge in [-0.2, -0.15) is 0 Å². The van der Waals surface area contributed by atoms with Gasteiger partial charge in [-0.1, -0.05) is 5.16 Å². The number of amides is 3. The van der Waals surface area contributed by atoms with Crippen LogP contribution in [-0.4, -0.2) is 35.7 Å². The van der Waals surface area contributed by atoms with Crippen LogP contribution in [0.5, 0.6) is 0 Å². The summed E-state index contributed by atoms with van der Waals surface area (Å²) in [4.78, 5) is 23.8. The zero-order chi connectivity index (χ0) is 16.1. The maximum atomic E-state index is 12.0. The molecule has 7 heteroatoms. The Bertz CT molecular complexity index is 521. The lowest BCUT2D eigenvalue weighted by molar-refractivity contribution is -0.122. The van der Waals surface area contributed by atoms with Crippen LogP contribution in [0.4, 0.5) is 4.79 Å². The van der Waals surface area contributed by atoms with Gasteiger partial charge in [0.15, 0.2) is 0 Å². The van der Waals surface area contributed by atoms with Gasteiger partial charge in [0.25, 0.3) is 0 Å². The molecule has 0 aliphatic carbocycles. The standard InChI is InChI=1S/C15H24N4O3/c1-9(8-12-10(2)19-22-11(12)3)17-15(21)18-13-6-4-5-7-16-14(13)20/h9,13H,4-8H2,1-3H3,(H,16,20)(H2,17,18,21). The topological polar surface area (TPSA) is 96.3 Å². The number of rotatable bonds is 4. The average Bonchev–Trinajstić information content (AvgIpc) is 2.65. The Labute approximate surface area is 130 Å². The number of nitrogens with one attached hydrogen (secondary N) is 3. The van der Waals surface area contributed by atoms with Crippen molar-refractivity contribution in [1.82, 2.24) is 21.1 Å². The monoisotopic (exact) mass is 308 g/mol. The van der Waals surface area contributed by atoms with E-state index in [4.69, 9.17) is 4.52 Å². The van der Waals surface area contributed by atoms with Crippen molar-refractivity contribution >= 4 is 11.9 Å². The van der Waals surface area contributed by atoms with Gasteiger partial charge in [0.05, 0.1) is 5.69 Å². The van der Waals surface area contributed by atoms with Crippen LogP contribution in [0, 0.1) is 13.8 Å². The van der Waals surface area contributed by atoms with Crippen molar-refractivity contribution in [1.29, 1.82) is 0 Å². The van der Waals surface area contributed by atoms with Crippen LogP contribution in [0.1, 0.15) is 43.2 Å². The number of hydrogen-bond acceptors (Lipinski definition) is 4. The first-order valence-electron chi connectivity index (χ1n) is 7.74. The van der Waals surface area contributed by atoms with E-state index in [1.807, 2.05) is 20.8 Å². The molecule has 0 saturated carbocycles. The third-order valence-electron chi connectivity index (χ3n) is 3.91. The van der Waals surface area contributed by atoms with Crippen LogP contribution < -0.4 is 16.0 Å². The molecule has 7 nitrogen and oxygen atoms in total. The Morgan fingerprint density at radius 2 is 2.23 bits per heavy atom. The molecule has 122 valence electrons. The largest absolute Gasteiger partial charge is 0.361 e. The molecule has 0 aromatic carbocycles. The quantitative estimate of drug-likeness (QED) is 0.778. The summed E-state index contributed by atoms with van der Waals surface area (Å²) in [6.07, 6.45) is 3.20. The van der Waals surface area contributed by atoms with Gasteiger partial charge in [-0.25, -0.2) is 4.79 Å². The van der Waals surface area contributed by atoms with Crippen molar-refractivity contribution in [2.45, 2.75) is 58.5 Å². The van der Waals surface area contributed by atoms with E-state index in [2.05, 4.69) is 21.1 Å². The molecule has 2 atom stereocenters. The highest BCUT2D eigenvalue weighted by molar-refractivity contribution is 5.87. The molecule has 3 N–H and O–H groups in total. The fourth-order valence-corrected chi connectivity index (χ4v) is 2.65. The zero-order valence-corrected chi connectivity index (χ0v) is 13.4. The van der Waals surface area contributed by atoms with E-state index in [0.717, 1.165) is 29.9 Å². The predicted octanol–water partition coefficient (Wildman–Crippen LogP) is 1.19. The first-order chi connectivity index (χ1) is 10.5. The smallest absolute Gasteiger partial charge is 0.315 e. The normalized spacial score (nSPS) is 20.0. The van der Waals surface area contributed by atoms with E-state index in [0.29, 0.717) is 19.4 Å². The highest BCUT2D eigenvalue weighted by atomic mass is 16.5. The first kappa shape index (κ1) is 16.3. The van der Waals surface area contributed by atoms with E-state index in [1.54, 1.807) is 0 Å². The maximum absolute atomic E-state index is 12.0. The minimum Gasteiger partial charge on any atom is -0.361 e. The Kier molecular flexibility index (Phi) is 5.41. The summed E-state index contributed by atoms with van der Waals surface area (Å²) in [6, 6.07) is -0.847. The third kappa shape index (κ3) is 4.22. The fourth-order valence-electron chi connectivity index (χ4n) is 2.65. The number of carbonyl (C=O) groups excluding carboxylic acids is 2. The third-order valence-corrected chi connectivity index (χ3v) is 3.91. The van der Waals surface area contributed by atoms with Gasteiger partial charge in [0, 0.05) is 18.2 Å². The first-order valence-corrected chi connectivity index (χ1v) is 7.74. The van der Waals surface area contributed by atoms with Gasteiger partial charge in [-0.05, 0) is 46.5 Å². The van der Waals surface area contributed by atoms with Gasteiger partial charge in [0.1, 0.15) is 11.8 Å². The average molecular weight is 308 g/mol. The van der Waals surface area contributed by atoms with Crippen LogP contribution in [0.2, 0.25) is 0 Å². The molecule has 1 fully saturated rings. The number of nitrogens with zero attached hydrogens (tertiary/aromatic N) is 1. The minimum absolute atomic E-state index is 0.0781. The molecule has 1 aromatic heterocycles. The second-order valence-corrected chi connectivity index (χ2v) is 5.87. The number of urea groups is 1. The van der Waals surface area contributed by atoms with Crippen LogP contribution in [0.15, 0.2) is 4.52 Å². The Hall–Kier alpha value is -2.05. The molecule has 1 aliphatic rings. The fraction of sp³-hybridized carbons (Fsp3) is 0.667. The summed E-state index contributed by atoms with van der Waals surface area (Å²) >= 11 is 0. The van der Waals surface area contributed by atoms with Crippen LogP contribution in [-0.2, 0) is 11.2 Å². The van der Waals surface area contributed by atoms with Crippen LogP contribution in [0.3, 0.4) is 0 Å². The molecule has 1 aromatic rings. The van der Waals surface area contributed by atoms with Gasteiger partial charge in [0.2, 0.25) is 5.91 Å². The van der Waals surface area contributed by atoms with Gasteiger partial charge in [-0.15, -0.1) is 0 Å². The molecule has 2 heterocycles. The summed E-state index contributed by atoms with van der Waals surface area (Å²) in [6.45, 7) is 6.34. The predicted molar refractivity (Wildman–Crippen MR) is 81.5 cm³/mol. The van der Waals surface area contributed by atoms with E-state index in [1.165, 1.54) is 0 Å². The molecular formula is C15H24N4O3. The number of hydrogen-bond donors (Lipinski definition) is 3. The molecule has 0 bridgehead atoms. The van der Waals surface area contributed by atoms with E-state index in [-0.39, 0.29) is 18.0 Å². The second kappa shape index (κ2) is 7.29. The molecule has 1 saturated heterocycles. The molecule has 1 aliphatic heterocycles. The highest BCUT2D eigenvalue weighted by Gasteiger charge is 2.23. The summed E-state index contributed by atoms with van der Waals surface area (Å²) < 4.78 is 5.12. The van der Waals surface area contributed by atoms with E-state index < -0.39 is 6.04 Å². The minimum atomic E-state index is -0.450. The lowest BCUT2D eigenvalue weighted by atomic mass is 10.1. The number of aromatic nitrogens is 1. The second-order valence-electron chi connectivity index (χ2n) is 5.87. The van der Waals surface area contributed by atoms with Gasteiger partial charge in [-0.3, -0.25) is 4.79 Å². The van der Waals surface area contributed by atoms with Gasteiger partial charge >= 0.3 is 6.03 Å². The van der Waals surface area contributed by atoms with Crippen molar-refractivity contribution in [3.8, 4) is 0 Å². The Morgan fingerprint density at radius 3 is 2.91 bits per heavy atom. The SMILES string of the molecule is Cc1noc(C)c1CC(C)NC(=O)NC1CCCCNC1=O. The Morgan fingerprint density at radius 1 is 1.45 bits per heavy atom.